The fourth-order valence-corrected chi connectivity index (χ4v) is 4.79. The predicted molar refractivity (Wildman–Crippen MR) is 147 cm³/mol. The second kappa shape index (κ2) is 11.1. The third-order valence-electron chi connectivity index (χ3n) is 6.60. The van der Waals surface area contributed by atoms with Gasteiger partial charge in [-0.2, -0.15) is 0 Å². The number of alkyl carbamates (subject to hydrolysis) is 1. The molecule has 1 unspecified atom stereocenters. The van der Waals surface area contributed by atoms with Crippen LogP contribution >= 0.6 is 0 Å². The summed E-state index contributed by atoms with van der Waals surface area (Å²) in [5.41, 5.74) is 6.86. The number of carbonyl (C=O) groups is 1. The lowest BCUT2D eigenvalue weighted by molar-refractivity contribution is 0.0487. The number of amides is 1. The minimum absolute atomic E-state index is 0.0767. The molecule has 1 amide bonds. The molecule has 4 rings (SSSR count). The number of nitrogens with two attached hydrogens (primary N) is 1. The summed E-state index contributed by atoms with van der Waals surface area (Å²) in [6.07, 6.45) is 10.9. The highest BCUT2D eigenvalue weighted by Crippen LogP contribution is 2.29. The van der Waals surface area contributed by atoms with Gasteiger partial charge >= 0.3 is 6.09 Å². The van der Waals surface area contributed by atoms with E-state index in [1.165, 1.54) is 12.1 Å². The molecule has 38 heavy (non-hydrogen) atoms. The Morgan fingerprint density at radius 3 is 2.63 bits per heavy atom. The number of rotatable bonds is 6. The molecule has 1 aromatic rings. The maximum atomic E-state index is 14.0. The number of aliphatic imine (C=N–C) groups is 1. The Bertz CT molecular complexity index is 1160. The van der Waals surface area contributed by atoms with Gasteiger partial charge in [-0.25, -0.2) is 9.18 Å². The molecule has 0 aromatic heterocycles. The minimum Gasteiger partial charge on any atom is -0.444 e. The normalized spacial score (nSPS) is 25.5. The fraction of sp³-hybridized carbons (Fsp3) is 0.500. The highest BCUT2D eigenvalue weighted by atomic mass is 19.1. The monoisotopic (exact) mass is 526 g/mol. The van der Waals surface area contributed by atoms with E-state index in [4.69, 9.17) is 15.2 Å². The summed E-state index contributed by atoms with van der Waals surface area (Å²) in [5.74, 6) is -0.278. The van der Waals surface area contributed by atoms with Crippen LogP contribution in [0.3, 0.4) is 0 Å². The first kappa shape index (κ1) is 27.5. The Hall–Kier alpha value is -3.53. The molecule has 2 aliphatic heterocycles. The van der Waals surface area contributed by atoms with Crippen LogP contribution in [0.4, 0.5) is 14.9 Å². The van der Waals surface area contributed by atoms with Crippen molar-refractivity contribution in [2.75, 3.05) is 19.3 Å². The first-order valence-electron chi connectivity index (χ1n) is 13.1. The van der Waals surface area contributed by atoms with Gasteiger partial charge < -0.3 is 30.7 Å². The summed E-state index contributed by atoms with van der Waals surface area (Å²) in [7, 11) is 1.92. The lowest BCUT2D eigenvalue weighted by Gasteiger charge is -2.39. The van der Waals surface area contributed by atoms with Crippen molar-refractivity contribution >= 4 is 18.0 Å². The second-order valence-electron chi connectivity index (χ2n) is 11.2. The third-order valence-corrected chi connectivity index (χ3v) is 6.60. The number of nitrogens with one attached hydrogen (secondary N) is 3. The molecule has 2 heterocycles. The molecule has 3 aliphatic rings. The number of nitrogen functional groups attached to an aromatic ring is 1. The summed E-state index contributed by atoms with van der Waals surface area (Å²) in [5, 5.41) is 10.2. The Kier molecular flexibility index (Phi) is 8.01. The molecule has 1 aliphatic carbocycles. The van der Waals surface area contributed by atoms with E-state index in [0.29, 0.717) is 18.2 Å². The number of carbonyl (C=O) groups excluding carboxylic acids is 1. The van der Waals surface area contributed by atoms with Crippen LogP contribution in [0, 0.1) is 5.82 Å². The van der Waals surface area contributed by atoms with Gasteiger partial charge in [0.25, 0.3) is 0 Å². The Balaban J connectivity index is 1.40. The van der Waals surface area contributed by atoms with E-state index < -0.39 is 17.2 Å². The quantitative estimate of drug-likeness (QED) is 0.412. The topological polar surface area (TPSA) is 113 Å². The van der Waals surface area contributed by atoms with E-state index in [9.17, 15) is 9.18 Å². The zero-order valence-corrected chi connectivity index (χ0v) is 22.8. The standard InChI is InChI=1S/C28H39FN6O3/c1-27(2,3)38-26(36)32-18-8-10-19(11-9-18)33-28(4)31-15-14-24(34-28)21-7-6-16-35(5)25(21)37-20-12-13-23(30)22(29)17-20/h6-7,12-15,17-19,33-34H,8-11,16,30H2,1-5H3,(H,32,36). The van der Waals surface area contributed by atoms with E-state index >= 15 is 0 Å². The molecular formula is C28H39FN6O3. The molecule has 1 aromatic carbocycles. The number of halogens is 1. The Morgan fingerprint density at radius 1 is 1.24 bits per heavy atom. The van der Waals surface area contributed by atoms with Gasteiger partial charge in [0.05, 0.1) is 17.0 Å². The molecule has 0 spiro atoms. The number of nitrogens with zero attached hydrogens (tertiary/aromatic N) is 2. The van der Waals surface area contributed by atoms with Crippen LogP contribution in [0.2, 0.25) is 0 Å². The first-order chi connectivity index (χ1) is 17.9. The average Bonchev–Trinajstić information content (AvgIpc) is 2.82. The SMILES string of the molecule is CN1CC=CC(C2=CC=NC(C)(NC3CCC(NC(=O)OC(C)(C)C)CC3)N2)=C1Oc1ccc(N)c(F)c1. The number of hydrogen-bond acceptors (Lipinski definition) is 8. The molecule has 10 heteroatoms. The maximum Gasteiger partial charge on any atom is 0.407 e. The van der Waals surface area contributed by atoms with Crippen LogP contribution in [0.25, 0.3) is 0 Å². The lowest BCUT2D eigenvalue weighted by atomic mass is 9.90. The summed E-state index contributed by atoms with van der Waals surface area (Å²) in [4.78, 5) is 18.8. The van der Waals surface area contributed by atoms with Gasteiger partial charge in [0.1, 0.15) is 17.2 Å². The summed E-state index contributed by atoms with van der Waals surface area (Å²) >= 11 is 0. The zero-order valence-electron chi connectivity index (χ0n) is 22.8. The van der Waals surface area contributed by atoms with Crippen LogP contribution in [0.5, 0.6) is 5.75 Å². The van der Waals surface area contributed by atoms with Crippen LogP contribution in [0.1, 0.15) is 53.4 Å². The van der Waals surface area contributed by atoms with Crippen molar-refractivity contribution in [1.82, 2.24) is 20.9 Å². The van der Waals surface area contributed by atoms with Crippen molar-refractivity contribution < 1.29 is 18.7 Å². The van der Waals surface area contributed by atoms with Crippen molar-refractivity contribution in [3.63, 3.8) is 0 Å². The summed E-state index contributed by atoms with van der Waals surface area (Å²) < 4.78 is 25.6. The summed E-state index contributed by atoms with van der Waals surface area (Å²) in [6.45, 7) is 8.23. The number of anilines is 1. The molecule has 0 saturated heterocycles. The fourth-order valence-electron chi connectivity index (χ4n) is 4.79. The van der Waals surface area contributed by atoms with E-state index in [1.54, 1.807) is 12.3 Å². The number of hydrogen-bond donors (Lipinski definition) is 4. The number of likely N-dealkylation sites (N-methyl/N-ethyl adjacent to an activating group) is 1. The molecule has 1 fully saturated rings. The van der Waals surface area contributed by atoms with Gasteiger partial charge in [0, 0.05) is 38.0 Å². The largest absolute Gasteiger partial charge is 0.444 e. The van der Waals surface area contributed by atoms with E-state index in [-0.39, 0.29) is 23.9 Å². The highest BCUT2D eigenvalue weighted by Gasteiger charge is 2.33. The van der Waals surface area contributed by atoms with Crippen LogP contribution in [-0.4, -0.2) is 54.3 Å². The van der Waals surface area contributed by atoms with Gasteiger partial charge in [-0.15, -0.1) is 0 Å². The molecule has 5 N–H and O–H groups in total. The van der Waals surface area contributed by atoms with E-state index in [2.05, 4.69) is 20.9 Å². The second-order valence-corrected chi connectivity index (χ2v) is 11.2. The smallest absolute Gasteiger partial charge is 0.407 e. The van der Waals surface area contributed by atoms with Crippen molar-refractivity contribution in [2.45, 2.75) is 76.8 Å². The van der Waals surface area contributed by atoms with Gasteiger partial charge in [0.2, 0.25) is 5.88 Å². The Labute approximate surface area is 224 Å². The molecule has 1 atom stereocenters. The number of benzene rings is 1. The first-order valence-corrected chi connectivity index (χ1v) is 13.1. The third kappa shape index (κ3) is 7.06. The molecular weight excluding hydrogens is 487 g/mol. The van der Waals surface area contributed by atoms with Crippen molar-refractivity contribution in [1.29, 1.82) is 0 Å². The summed E-state index contributed by atoms with van der Waals surface area (Å²) in [6, 6.07) is 4.76. The zero-order chi connectivity index (χ0) is 27.5. The molecule has 206 valence electrons. The highest BCUT2D eigenvalue weighted by molar-refractivity contribution is 5.76. The average molecular weight is 527 g/mol. The Morgan fingerprint density at radius 2 is 1.95 bits per heavy atom. The van der Waals surface area contributed by atoms with Crippen molar-refractivity contribution in [2.24, 2.45) is 4.99 Å². The van der Waals surface area contributed by atoms with Crippen LogP contribution in [0.15, 0.2) is 58.6 Å². The van der Waals surface area contributed by atoms with Crippen LogP contribution in [-0.2, 0) is 4.74 Å². The van der Waals surface area contributed by atoms with Gasteiger partial charge in [-0.05, 0) is 77.7 Å². The lowest BCUT2D eigenvalue weighted by Crippen LogP contribution is -2.58. The minimum atomic E-state index is -0.727. The molecule has 0 radical (unpaired) electrons. The number of ether oxygens (including phenoxy) is 2. The van der Waals surface area contributed by atoms with E-state index in [0.717, 1.165) is 37.0 Å². The van der Waals surface area contributed by atoms with Gasteiger partial charge in [-0.3, -0.25) is 10.3 Å². The van der Waals surface area contributed by atoms with Crippen molar-refractivity contribution in [3.8, 4) is 5.75 Å². The van der Waals surface area contributed by atoms with Crippen molar-refractivity contribution in [3.05, 3.63) is 59.4 Å². The predicted octanol–water partition coefficient (Wildman–Crippen LogP) is 4.16. The molecule has 9 nitrogen and oxygen atoms in total. The molecule has 0 bridgehead atoms. The van der Waals surface area contributed by atoms with E-state index in [1.807, 2.05) is 57.9 Å². The van der Waals surface area contributed by atoms with Gasteiger partial charge in [-0.1, -0.05) is 6.08 Å². The molecule has 1 saturated carbocycles. The van der Waals surface area contributed by atoms with Gasteiger partial charge in [0.15, 0.2) is 5.79 Å². The number of allylic oxidation sites excluding steroid dienone is 2. The van der Waals surface area contributed by atoms with Crippen LogP contribution < -0.4 is 26.4 Å². The maximum absolute atomic E-state index is 14.0.